The Labute approximate surface area is 164 Å². The number of hydrogen-bond acceptors (Lipinski definition) is 5. The number of benzene rings is 1. The van der Waals surface area contributed by atoms with E-state index in [1.54, 1.807) is 36.4 Å². The van der Waals surface area contributed by atoms with Crippen LogP contribution in [0.3, 0.4) is 0 Å². The number of halogens is 1. The second kappa shape index (κ2) is 8.07. The Hall–Kier alpha value is -2.09. The Bertz CT molecular complexity index is 890. The van der Waals surface area contributed by atoms with Crippen LogP contribution in [0.1, 0.15) is 20.1 Å². The van der Waals surface area contributed by atoms with Crippen molar-refractivity contribution in [2.75, 3.05) is 13.1 Å². The molecule has 1 aliphatic rings. The number of aryl methyl sites for hydroxylation is 1. The van der Waals surface area contributed by atoms with E-state index in [4.69, 9.17) is 11.6 Å². The molecule has 1 aromatic heterocycles. The van der Waals surface area contributed by atoms with Crippen molar-refractivity contribution in [3.8, 4) is 0 Å². The summed E-state index contributed by atoms with van der Waals surface area (Å²) in [6.45, 7) is 2.27. The molecule has 0 atom stereocenters. The van der Waals surface area contributed by atoms with E-state index in [1.165, 1.54) is 11.3 Å². The van der Waals surface area contributed by atoms with E-state index in [2.05, 4.69) is 5.32 Å². The molecule has 1 aliphatic heterocycles. The molecule has 3 amide bonds. The van der Waals surface area contributed by atoms with Crippen LogP contribution in [0.25, 0.3) is 6.08 Å². The van der Waals surface area contributed by atoms with Gasteiger partial charge in [0, 0.05) is 23.0 Å². The molecular weight excluding hydrogens is 392 g/mol. The maximum Gasteiger partial charge on any atom is 0.293 e. The fraction of sp³-hybridized carbons (Fsp3) is 0.167. The standard InChI is InChI=1S/C18H15ClN2O3S2/c1-11-2-7-14(25-11)16(22)20-8-9-21-17(23)15(26-18(21)24)10-12-3-5-13(19)6-4-12/h2-7,10H,8-9H2,1H3,(H,20,22). The third-order valence-electron chi connectivity index (χ3n) is 3.63. The lowest BCUT2D eigenvalue weighted by atomic mass is 10.2. The van der Waals surface area contributed by atoms with Crippen molar-refractivity contribution < 1.29 is 14.4 Å². The molecule has 0 aliphatic carbocycles. The highest BCUT2D eigenvalue weighted by Crippen LogP contribution is 2.32. The average molecular weight is 407 g/mol. The predicted molar refractivity (Wildman–Crippen MR) is 106 cm³/mol. The summed E-state index contributed by atoms with van der Waals surface area (Å²) in [6, 6.07) is 10.6. The van der Waals surface area contributed by atoms with E-state index in [-0.39, 0.29) is 30.1 Å². The van der Waals surface area contributed by atoms with Gasteiger partial charge in [-0.3, -0.25) is 19.3 Å². The molecule has 1 N–H and O–H groups in total. The normalized spacial score (nSPS) is 15.8. The van der Waals surface area contributed by atoms with Crippen LogP contribution in [0.15, 0.2) is 41.3 Å². The molecule has 0 saturated carbocycles. The lowest BCUT2D eigenvalue weighted by Crippen LogP contribution is -2.37. The van der Waals surface area contributed by atoms with Crippen LogP contribution < -0.4 is 5.32 Å². The van der Waals surface area contributed by atoms with E-state index in [0.29, 0.717) is 14.8 Å². The second-order valence-electron chi connectivity index (χ2n) is 5.55. The summed E-state index contributed by atoms with van der Waals surface area (Å²) in [5.74, 6) is -0.553. The molecule has 2 heterocycles. The number of thioether (sulfide) groups is 1. The first-order valence-corrected chi connectivity index (χ1v) is 9.81. The molecule has 1 fully saturated rings. The molecule has 8 heteroatoms. The first-order valence-electron chi connectivity index (χ1n) is 7.79. The van der Waals surface area contributed by atoms with Gasteiger partial charge >= 0.3 is 0 Å². The van der Waals surface area contributed by atoms with Crippen LogP contribution in [0, 0.1) is 6.92 Å². The van der Waals surface area contributed by atoms with Crippen molar-refractivity contribution in [1.82, 2.24) is 10.2 Å². The smallest absolute Gasteiger partial charge is 0.293 e. The number of carbonyl (C=O) groups excluding carboxylic acids is 3. The van der Waals surface area contributed by atoms with Gasteiger partial charge in [-0.15, -0.1) is 11.3 Å². The van der Waals surface area contributed by atoms with Crippen molar-refractivity contribution in [2.24, 2.45) is 0 Å². The highest BCUT2D eigenvalue weighted by atomic mass is 35.5. The first kappa shape index (κ1) is 18.7. The number of nitrogens with one attached hydrogen (secondary N) is 1. The fourth-order valence-corrected chi connectivity index (χ4v) is 4.10. The summed E-state index contributed by atoms with van der Waals surface area (Å²) < 4.78 is 0. The van der Waals surface area contributed by atoms with E-state index in [0.717, 1.165) is 27.1 Å². The van der Waals surface area contributed by atoms with Crippen molar-refractivity contribution in [1.29, 1.82) is 0 Å². The Morgan fingerprint density at radius 3 is 2.58 bits per heavy atom. The number of imide groups is 1. The van der Waals surface area contributed by atoms with Gasteiger partial charge in [-0.1, -0.05) is 23.7 Å². The monoisotopic (exact) mass is 406 g/mol. The minimum Gasteiger partial charge on any atom is -0.350 e. The lowest BCUT2D eigenvalue weighted by molar-refractivity contribution is -0.122. The summed E-state index contributed by atoms with van der Waals surface area (Å²) >= 11 is 8.14. The number of thiophene rings is 1. The molecule has 3 rings (SSSR count). The van der Waals surface area contributed by atoms with Crippen LogP contribution in [0.4, 0.5) is 4.79 Å². The summed E-state index contributed by atoms with van der Waals surface area (Å²) in [4.78, 5) is 39.7. The van der Waals surface area contributed by atoms with Crippen LogP contribution >= 0.6 is 34.7 Å². The number of hydrogen-bond donors (Lipinski definition) is 1. The minimum absolute atomic E-state index is 0.138. The maximum absolute atomic E-state index is 12.4. The average Bonchev–Trinajstić information content (AvgIpc) is 3.15. The first-order chi connectivity index (χ1) is 12.4. The summed E-state index contributed by atoms with van der Waals surface area (Å²) in [7, 11) is 0. The molecule has 26 heavy (non-hydrogen) atoms. The van der Waals surface area contributed by atoms with E-state index < -0.39 is 0 Å². The molecule has 2 aromatic rings. The van der Waals surface area contributed by atoms with Gasteiger partial charge in [0.2, 0.25) is 0 Å². The highest BCUT2D eigenvalue weighted by Gasteiger charge is 2.34. The molecular formula is C18H15ClN2O3S2. The van der Waals surface area contributed by atoms with E-state index >= 15 is 0 Å². The summed E-state index contributed by atoms with van der Waals surface area (Å²) in [5, 5.41) is 3.00. The van der Waals surface area contributed by atoms with Crippen LogP contribution in [0.5, 0.6) is 0 Å². The van der Waals surface area contributed by atoms with Gasteiger partial charge in [0.05, 0.1) is 9.78 Å². The summed E-state index contributed by atoms with van der Waals surface area (Å²) in [6.07, 6.45) is 1.66. The predicted octanol–water partition coefficient (Wildman–Crippen LogP) is 4.18. The number of carbonyl (C=O) groups is 3. The number of nitrogens with zero attached hydrogens (tertiary/aromatic N) is 1. The molecule has 5 nitrogen and oxygen atoms in total. The Morgan fingerprint density at radius 2 is 1.92 bits per heavy atom. The summed E-state index contributed by atoms with van der Waals surface area (Å²) in [5.41, 5.74) is 0.793. The number of rotatable bonds is 5. The topological polar surface area (TPSA) is 66.5 Å². The largest absolute Gasteiger partial charge is 0.350 e. The van der Waals surface area contributed by atoms with Crippen LogP contribution in [0.2, 0.25) is 5.02 Å². The maximum atomic E-state index is 12.4. The number of amides is 3. The quantitative estimate of drug-likeness (QED) is 0.756. The van der Waals surface area contributed by atoms with Gasteiger partial charge in [0.1, 0.15) is 0 Å². The Balaban J connectivity index is 1.58. The van der Waals surface area contributed by atoms with Crippen molar-refractivity contribution in [2.45, 2.75) is 6.92 Å². The highest BCUT2D eigenvalue weighted by molar-refractivity contribution is 8.18. The second-order valence-corrected chi connectivity index (χ2v) is 8.27. The van der Waals surface area contributed by atoms with E-state index in [9.17, 15) is 14.4 Å². The van der Waals surface area contributed by atoms with Gasteiger partial charge in [-0.05, 0) is 54.6 Å². The zero-order chi connectivity index (χ0) is 18.7. The Kier molecular flexibility index (Phi) is 5.80. The zero-order valence-corrected chi connectivity index (χ0v) is 16.2. The third-order valence-corrected chi connectivity index (χ3v) is 5.79. The molecule has 0 bridgehead atoms. The minimum atomic E-state index is -0.351. The van der Waals surface area contributed by atoms with E-state index in [1.807, 2.05) is 13.0 Å². The zero-order valence-electron chi connectivity index (χ0n) is 13.8. The lowest BCUT2D eigenvalue weighted by Gasteiger charge is -2.12. The molecule has 0 unspecified atom stereocenters. The van der Waals surface area contributed by atoms with Crippen molar-refractivity contribution in [3.05, 3.63) is 61.6 Å². The van der Waals surface area contributed by atoms with Crippen LogP contribution in [-0.4, -0.2) is 35.0 Å². The molecule has 134 valence electrons. The Morgan fingerprint density at radius 1 is 1.19 bits per heavy atom. The SMILES string of the molecule is Cc1ccc(C(=O)NCCN2C(=O)SC(=Cc3ccc(Cl)cc3)C2=O)s1. The molecule has 0 radical (unpaired) electrons. The molecule has 1 aromatic carbocycles. The molecule has 1 saturated heterocycles. The van der Waals surface area contributed by atoms with Gasteiger partial charge in [0.15, 0.2) is 0 Å². The van der Waals surface area contributed by atoms with Gasteiger partial charge in [0.25, 0.3) is 17.1 Å². The van der Waals surface area contributed by atoms with Crippen molar-refractivity contribution in [3.63, 3.8) is 0 Å². The van der Waals surface area contributed by atoms with Crippen molar-refractivity contribution >= 4 is 57.8 Å². The fourth-order valence-electron chi connectivity index (χ4n) is 2.33. The third kappa shape index (κ3) is 4.35. The van der Waals surface area contributed by atoms with Gasteiger partial charge < -0.3 is 5.32 Å². The van der Waals surface area contributed by atoms with Crippen LogP contribution in [-0.2, 0) is 4.79 Å². The van der Waals surface area contributed by atoms with Gasteiger partial charge in [-0.2, -0.15) is 0 Å². The molecule has 0 spiro atoms. The van der Waals surface area contributed by atoms with Gasteiger partial charge in [-0.25, -0.2) is 0 Å².